The second-order valence-corrected chi connectivity index (χ2v) is 7.45. The van der Waals surface area contributed by atoms with Gasteiger partial charge in [-0.25, -0.2) is 9.01 Å². The molecule has 0 bridgehead atoms. The highest BCUT2D eigenvalue weighted by Crippen LogP contribution is 2.10. The van der Waals surface area contributed by atoms with E-state index in [0.29, 0.717) is 13.0 Å². The number of nitrogens with one attached hydrogen (secondary N) is 4. The molecule has 1 unspecified atom stereocenters. The molecule has 0 aromatic rings. The maximum absolute atomic E-state index is 12.5. The molecule has 0 radical (unpaired) electrons. The number of halogens is 2. The highest BCUT2D eigenvalue weighted by molar-refractivity contribution is 14.1. The molecule has 0 rings (SSSR count). The van der Waals surface area contributed by atoms with Gasteiger partial charge in [-0.3, -0.25) is 13.1 Å². The fourth-order valence-corrected chi connectivity index (χ4v) is 3.26. The Bertz CT molecular complexity index is 360. The summed E-state index contributed by atoms with van der Waals surface area (Å²) in [6.07, 6.45) is 4.80. The van der Waals surface area contributed by atoms with Crippen molar-refractivity contribution in [3.8, 4) is 0 Å². The van der Waals surface area contributed by atoms with Gasteiger partial charge in [-0.2, -0.15) is 0 Å². The van der Waals surface area contributed by atoms with Crippen LogP contribution in [0.25, 0.3) is 0 Å². The van der Waals surface area contributed by atoms with Crippen LogP contribution in [0.5, 0.6) is 0 Å². The van der Waals surface area contributed by atoms with Crippen LogP contribution in [-0.2, 0) is 9.59 Å². The van der Waals surface area contributed by atoms with E-state index in [2.05, 4.69) is 40.7 Å². The number of hydroxylamine groups is 1. The lowest BCUT2D eigenvalue weighted by Crippen LogP contribution is -2.49. The Hall–Kier alpha value is 0.440. The largest absolute Gasteiger partial charge is 0.345 e. The Morgan fingerprint density at radius 3 is 2.04 bits per heavy atom. The SMILES string of the molecule is CC(C)C(=O)C(CCCCNO)NC(=O)[C@H](CCCCNI)NI. The summed E-state index contributed by atoms with van der Waals surface area (Å²) < 4.78 is 6.07. The molecule has 0 aliphatic carbocycles. The molecule has 5 N–H and O–H groups in total. The Morgan fingerprint density at radius 2 is 1.54 bits per heavy atom. The second-order valence-electron chi connectivity index (χ2n) is 6.06. The van der Waals surface area contributed by atoms with Gasteiger partial charge in [-0.05, 0) is 32.1 Å². The van der Waals surface area contributed by atoms with E-state index < -0.39 is 6.04 Å². The molecule has 1 amide bonds. The van der Waals surface area contributed by atoms with Gasteiger partial charge >= 0.3 is 0 Å². The van der Waals surface area contributed by atoms with Gasteiger partial charge in [0, 0.05) is 64.7 Å². The van der Waals surface area contributed by atoms with E-state index in [1.807, 2.05) is 36.7 Å². The third-order valence-corrected chi connectivity index (χ3v) is 5.01. The van der Waals surface area contributed by atoms with E-state index in [-0.39, 0.29) is 23.7 Å². The van der Waals surface area contributed by atoms with Crippen LogP contribution in [0.4, 0.5) is 0 Å². The van der Waals surface area contributed by atoms with Crippen LogP contribution in [0.3, 0.4) is 0 Å². The maximum Gasteiger partial charge on any atom is 0.238 e. The number of hydrogen-bond donors (Lipinski definition) is 5. The molecule has 24 heavy (non-hydrogen) atoms. The van der Waals surface area contributed by atoms with Crippen molar-refractivity contribution in [2.45, 2.75) is 64.5 Å². The lowest BCUT2D eigenvalue weighted by Gasteiger charge is -2.23. The lowest BCUT2D eigenvalue weighted by molar-refractivity contribution is -0.130. The first-order chi connectivity index (χ1) is 11.5. The molecule has 0 saturated carbocycles. The summed E-state index contributed by atoms with van der Waals surface area (Å²) in [7, 11) is 0. The fraction of sp³-hybridized carbons (Fsp3) is 0.867. The van der Waals surface area contributed by atoms with Crippen molar-refractivity contribution in [1.82, 2.24) is 17.9 Å². The predicted octanol–water partition coefficient (Wildman–Crippen LogP) is 2.26. The van der Waals surface area contributed by atoms with Crippen LogP contribution in [-0.4, -0.2) is 42.1 Å². The van der Waals surface area contributed by atoms with Gasteiger partial charge in [-0.15, -0.1) is 0 Å². The van der Waals surface area contributed by atoms with Gasteiger partial charge in [0.1, 0.15) is 0 Å². The van der Waals surface area contributed by atoms with Gasteiger partial charge in [-0.1, -0.05) is 20.3 Å². The molecule has 7 nitrogen and oxygen atoms in total. The fourth-order valence-electron chi connectivity index (χ4n) is 2.29. The zero-order valence-electron chi connectivity index (χ0n) is 14.4. The zero-order chi connectivity index (χ0) is 18.4. The van der Waals surface area contributed by atoms with Crippen molar-refractivity contribution in [3.63, 3.8) is 0 Å². The van der Waals surface area contributed by atoms with Crippen LogP contribution in [0, 0.1) is 5.92 Å². The number of carbonyl (C=O) groups excluding carboxylic acids is 2. The molecular formula is C15H30I2N4O3. The molecule has 142 valence electrons. The van der Waals surface area contributed by atoms with Gasteiger partial charge in [0.05, 0.1) is 12.1 Å². The van der Waals surface area contributed by atoms with Crippen molar-refractivity contribution in [2.24, 2.45) is 5.92 Å². The van der Waals surface area contributed by atoms with Crippen molar-refractivity contribution in [3.05, 3.63) is 0 Å². The highest BCUT2D eigenvalue weighted by atomic mass is 127. The van der Waals surface area contributed by atoms with Gasteiger partial charge in [0.15, 0.2) is 5.78 Å². The number of amides is 1. The van der Waals surface area contributed by atoms with Gasteiger partial charge < -0.3 is 10.5 Å². The zero-order valence-corrected chi connectivity index (χ0v) is 18.7. The van der Waals surface area contributed by atoms with E-state index >= 15 is 0 Å². The molecule has 0 saturated heterocycles. The first-order valence-electron chi connectivity index (χ1n) is 8.38. The summed E-state index contributed by atoms with van der Waals surface area (Å²) in [5, 5.41) is 11.5. The molecule has 0 aromatic heterocycles. The van der Waals surface area contributed by atoms with Crippen molar-refractivity contribution >= 4 is 57.4 Å². The summed E-state index contributed by atoms with van der Waals surface area (Å²) in [6, 6.07) is -0.749. The number of Topliss-reactive ketones (excluding diaryl/α,β-unsaturated/α-hetero) is 1. The second kappa shape index (κ2) is 15.7. The quantitative estimate of drug-likeness (QED) is 0.0900. The minimum absolute atomic E-state index is 0.0571. The third-order valence-electron chi connectivity index (χ3n) is 3.72. The van der Waals surface area contributed by atoms with Crippen molar-refractivity contribution in [2.75, 3.05) is 13.1 Å². The Kier molecular flexibility index (Phi) is 16.0. The number of carbonyl (C=O) groups is 2. The van der Waals surface area contributed by atoms with E-state index in [1.165, 1.54) is 0 Å². The average Bonchev–Trinajstić information content (AvgIpc) is 2.56. The number of unbranched alkanes of at least 4 members (excludes halogenated alkanes) is 2. The first-order valence-corrected chi connectivity index (χ1v) is 10.5. The summed E-state index contributed by atoms with van der Waals surface area (Å²) >= 11 is 4.10. The monoisotopic (exact) mass is 568 g/mol. The van der Waals surface area contributed by atoms with Crippen LogP contribution in [0.15, 0.2) is 0 Å². The normalized spacial score (nSPS) is 13.8. The van der Waals surface area contributed by atoms with Crippen LogP contribution in [0.2, 0.25) is 0 Å². The summed E-state index contributed by atoms with van der Waals surface area (Å²) in [5.74, 6) is -0.181. The number of ketones is 1. The summed E-state index contributed by atoms with van der Waals surface area (Å²) in [6.45, 7) is 5.10. The first kappa shape index (κ1) is 24.4. The van der Waals surface area contributed by atoms with E-state index in [0.717, 1.165) is 38.6 Å². The van der Waals surface area contributed by atoms with Gasteiger partial charge in [0.25, 0.3) is 0 Å². The van der Waals surface area contributed by atoms with Crippen LogP contribution < -0.4 is 17.9 Å². The maximum atomic E-state index is 12.5. The number of rotatable bonds is 15. The highest BCUT2D eigenvalue weighted by Gasteiger charge is 2.26. The topological polar surface area (TPSA) is 102 Å². The smallest absolute Gasteiger partial charge is 0.238 e. The Balaban J connectivity index is 4.54. The molecule has 2 atom stereocenters. The minimum atomic E-state index is -0.459. The molecule has 0 heterocycles. The summed E-state index contributed by atoms with van der Waals surface area (Å²) in [4.78, 5) is 24.8. The van der Waals surface area contributed by atoms with Gasteiger partial charge in [0.2, 0.25) is 5.91 Å². The standard InChI is InChI=1S/C15H30I2N4O3/c1-11(2)14(22)12(7-4-6-10-19-24)20-15(23)13(21-17)8-3-5-9-18-16/h11-13,18-19,21,24H,3-10H2,1-2H3,(H,20,23)/t12?,13-/m0/s1. The summed E-state index contributed by atoms with van der Waals surface area (Å²) in [5.41, 5.74) is 2.11. The minimum Gasteiger partial charge on any atom is -0.345 e. The molecule has 0 fully saturated rings. The molecule has 0 aliphatic heterocycles. The molecule has 0 aromatic carbocycles. The van der Waals surface area contributed by atoms with E-state index in [9.17, 15) is 9.59 Å². The van der Waals surface area contributed by atoms with Crippen LogP contribution >= 0.6 is 45.7 Å². The molecular weight excluding hydrogens is 538 g/mol. The van der Waals surface area contributed by atoms with E-state index in [4.69, 9.17) is 5.21 Å². The third kappa shape index (κ3) is 11.1. The number of hydrogen-bond acceptors (Lipinski definition) is 6. The lowest BCUT2D eigenvalue weighted by atomic mass is 9.96. The molecule has 0 aliphatic rings. The van der Waals surface area contributed by atoms with Crippen molar-refractivity contribution < 1.29 is 14.8 Å². The Morgan fingerprint density at radius 1 is 0.958 bits per heavy atom. The van der Waals surface area contributed by atoms with E-state index in [1.54, 1.807) is 0 Å². The predicted molar refractivity (Wildman–Crippen MR) is 112 cm³/mol. The molecule has 0 spiro atoms. The molecule has 9 heteroatoms. The van der Waals surface area contributed by atoms with Crippen LogP contribution in [0.1, 0.15) is 52.4 Å². The van der Waals surface area contributed by atoms with Crippen molar-refractivity contribution in [1.29, 1.82) is 0 Å². The Labute approximate surface area is 172 Å². The average molecular weight is 568 g/mol.